The van der Waals surface area contributed by atoms with Crippen molar-refractivity contribution in [1.29, 1.82) is 0 Å². The van der Waals surface area contributed by atoms with Gasteiger partial charge in [-0.05, 0) is 24.6 Å². The molecule has 0 aliphatic heterocycles. The molecule has 3 nitrogen and oxygen atoms in total. The summed E-state index contributed by atoms with van der Waals surface area (Å²) in [6.07, 6.45) is 0.619. The maximum atomic E-state index is 13.2. The third-order valence-corrected chi connectivity index (χ3v) is 2.61. The highest BCUT2D eigenvalue weighted by molar-refractivity contribution is 5.78. The number of rotatable bonds is 5. The number of halogens is 2. The van der Waals surface area contributed by atoms with Gasteiger partial charge < -0.3 is 11.1 Å². The van der Waals surface area contributed by atoms with Gasteiger partial charge in [0.25, 0.3) is 0 Å². The second-order valence-electron chi connectivity index (χ2n) is 3.79. The number of hydrogen-bond donors (Lipinski definition) is 2. The summed E-state index contributed by atoms with van der Waals surface area (Å²) in [5, 5.41) is 2.54. The SMILES string of the molecule is CCC(CN)C(=O)NCc1cc(F)ccc1F. The molecule has 5 heteroatoms. The van der Waals surface area contributed by atoms with Crippen LogP contribution in [0.15, 0.2) is 18.2 Å². The zero-order valence-electron chi connectivity index (χ0n) is 9.67. The molecule has 1 unspecified atom stereocenters. The second-order valence-corrected chi connectivity index (χ2v) is 3.79. The van der Waals surface area contributed by atoms with Crippen LogP contribution in [0.5, 0.6) is 0 Å². The molecule has 1 aromatic rings. The largest absolute Gasteiger partial charge is 0.352 e. The summed E-state index contributed by atoms with van der Waals surface area (Å²) in [5.74, 6) is -1.58. The Labute approximate surface area is 99.0 Å². The van der Waals surface area contributed by atoms with E-state index in [1.54, 1.807) is 0 Å². The van der Waals surface area contributed by atoms with Gasteiger partial charge in [-0.2, -0.15) is 0 Å². The summed E-state index contributed by atoms with van der Waals surface area (Å²) >= 11 is 0. The molecule has 94 valence electrons. The van der Waals surface area contributed by atoms with Crippen LogP contribution < -0.4 is 11.1 Å². The first kappa shape index (κ1) is 13.6. The van der Waals surface area contributed by atoms with Crippen molar-refractivity contribution in [3.63, 3.8) is 0 Å². The Balaban J connectivity index is 2.61. The van der Waals surface area contributed by atoms with Crippen LogP contribution in [0.25, 0.3) is 0 Å². The minimum Gasteiger partial charge on any atom is -0.352 e. The number of amides is 1. The van der Waals surface area contributed by atoms with Crippen molar-refractivity contribution in [2.45, 2.75) is 19.9 Å². The van der Waals surface area contributed by atoms with Crippen LogP contribution in [0, 0.1) is 17.6 Å². The monoisotopic (exact) mass is 242 g/mol. The molecular formula is C12H16F2N2O. The molecule has 0 aliphatic carbocycles. The Morgan fingerprint density at radius 3 is 2.76 bits per heavy atom. The summed E-state index contributed by atoms with van der Waals surface area (Å²) in [5.41, 5.74) is 5.54. The van der Waals surface area contributed by atoms with Crippen molar-refractivity contribution in [3.8, 4) is 0 Å². The average molecular weight is 242 g/mol. The van der Waals surface area contributed by atoms with Crippen molar-refractivity contribution >= 4 is 5.91 Å². The van der Waals surface area contributed by atoms with E-state index in [0.29, 0.717) is 6.42 Å². The summed E-state index contributed by atoms with van der Waals surface area (Å²) < 4.78 is 26.1. The Hall–Kier alpha value is -1.49. The maximum Gasteiger partial charge on any atom is 0.224 e. The third-order valence-electron chi connectivity index (χ3n) is 2.61. The van der Waals surface area contributed by atoms with E-state index in [4.69, 9.17) is 5.73 Å². The lowest BCUT2D eigenvalue weighted by Gasteiger charge is -2.12. The van der Waals surface area contributed by atoms with E-state index in [9.17, 15) is 13.6 Å². The molecule has 0 saturated heterocycles. The Morgan fingerprint density at radius 1 is 1.47 bits per heavy atom. The van der Waals surface area contributed by atoms with Gasteiger partial charge in [-0.1, -0.05) is 6.92 Å². The molecule has 1 rings (SSSR count). The molecule has 1 atom stereocenters. The van der Waals surface area contributed by atoms with E-state index >= 15 is 0 Å². The highest BCUT2D eigenvalue weighted by Crippen LogP contribution is 2.09. The van der Waals surface area contributed by atoms with E-state index < -0.39 is 11.6 Å². The summed E-state index contributed by atoms with van der Waals surface area (Å²) in [4.78, 5) is 11.6. The molecule has 0 saturated carbocycles. The van der Waals surface area contributed by atoms with Gasteiger partial charge in [0.15, 0.2) is 0 Å². The first-order valence-corrected chi connectivity index (χ1v) is 5.50. The van der Waals surface area contributed by atoms with Crippen LogP contribution in [0.4, 0.5) is 8.78 Å². The molecule has 0 fully saturated rings. The Morgan fingerprint density at radius 2 is 2.18 bits per heavy atom. The number of nitrogens with one attached hydrogen (secondary N) is 1. The average Bonchev–Trinajstić information content (AvgIpc) is 2.32. The fourth-order valence-electron chi connectivity index (χ4n) is 1.46. The fourth-order valence-corrected chi connectivity index (χ4v) is 1.46. The van der Waals surface area contributed by atoms with Gasteiger partial charge in [0.1, 0.15) is 11.6 Å². The standard InChI is InChI=1S/C12H16F2N2O/c1-2-8(6-15)12(17)16-7-9-5-10(13)3-4-11(9)14/h3-5,8H,2,6-7,15H2,1H3,(H,16,17). The lowest BCUT2D eigenvalue weighted by molar-refractivity contribution is -0.124. The van der Waals surface area contributed by atoms with E-state index in [1.807, 2.05) is 6.92 Å². The van der Waals surface area contributed by atoms with Crippen molar-refractivity contribution in [2.75, 3.05) is 6.54 Å². The van der Waals surface area contributed by atoms with Crippen LogP contribution >= 0.6 is 0 Å². The molecule has 0 heterocycles. The van der Waals surface area contributed by atoms with Gasteiger partial charge in [-0.25, -0.2) is 8.78 Å². The van der Waals surface area contributed by atoms with E-state index in [1.165, 1.54) is 0 Å². The zero-order chi connectivity index (χ0) is 12.8. The normalized spacial score (nSPS) is 12.2. The third kappa shape index (κ3) is 3.78. The van der Waals surface area contributed by atoms with Crippen LogP contribution in [0.2, 0.25) is 0 Å². The highest BCUT2D eigenvalue weighted by Gasteiger charge is 2.14. The van der Waals surface area contributed by atoms with Crippen LogP contribution in [-0.2, 0) is 11.3 Å². The minimum atomic E-state index is -0.535. The van der Waals surface area contributed by atoms with E-state index in [-0.39, 0.29) is 30.5 Å². The van der Waals surface area contributed by atoms with Gasteiger partial charge in [-0.15, -0.1) is 0 Å². The number of benzene rings is 1. The number of nitrogens with two attached hydrogens (primary N) is 1. The molecule has 1 aromatic carbocycles. The summed E-state index contributed by atoms with van der Waals surface area (Å²) in [7, 11) is 0. The Kier molecular flexibility index (Phi) is 5.03. The summed E-state index contributed by atoms with van der Waals surface area (Å²) in [6.45, 7) is 2.06. The first-order chi connectivity index (χ1) is 8.08. The van der Waals surface area contributed by atoms with Crippen LogP contribution in [0.1, 0.15) is 18.9 Å². The number of carbonyl (C=O) groups is 1. The molecule has 17 heavy (non-hydrogen) atoms. The predicted octanol–water partition coefficient (Wildman–Crippen LogP) is 1.57. The quantitative estimate of drug-likeness (QED) is 0.823. The second kappa shape index (κ2) is 6.30. The van der Waals surface area contributed by atoms with Crippen molar-refractivity contribution < 1.29 is 13.6 Å². The Bertz CT molecular complexity index is 392. The molecule has 0 bridgehead atoms. The van der Waals surface area contributed by atoms with Crippen molar-refractivity contribution in [1.82, 2.24) is 5.32 Å². The van der Waals surface area contributed by atoms with E-state index in [2.05, 4.69) is 5.32 Å². The zero-order valence-corrected chi connectivity index (χ0v) is 9.67. The van der Waals surface area contributed by atoms with Crippen LogP contribution in [0.3, 0.4) is 0 Å². The highest BCUT2D eigenvalue weighted by atomic mass is 19.1. The number of carbonyl (C=O) groups excluding carboxylic acids is 1. The topological polar surface area (TPSA) is 55.1 Å². The molecule has 3 N–H and O–H groups in total. The lowest BCUT2D eigenvalue weighted by atomic mass is 10.1. The van der Waals surface area contributed by atoms with Gasteiger partial charge >= 0.3 is 0 Å². The fraction of sp³-hybridized carbons (Fsp3) is 0.417. The maximum absolute atomic E-state index is 13.2. The molecule has 1 amide bonds. The smallest absolute Gasteiger partial charge is 0.224 e. The van der Waals surface area contributed by atoms with Gasteiger partial charge in [-0.3, -0.25) is 4.79 Å². The first-order valence-electron chi connectivity index (χ1n) is 5.50. The summed E-state index contributed by atoms with van der Waals surface area (Å²) in [6, 6.07) is 3.14. The van der Waals surface area contributed by atoms with Gasteiger partial charge in [0.05, 0.1) is 0 Å². The van der Waals surface area contributed by atoms with Gasteiger partial charge in [0, 0.05) is 24.6 Å². The molecular weight excluding hydrogens is 226 g/mol. The molecule has 0 aromatic heterocycles. The minimum absolute atomic E-state index is 0.0288. The van der Waals surface area contributed by atoms with Crippen molar-refractivity contribution in [3.05, 3.63) is 35.4 Å². The van der Waals surface area contributed by atoms with Crippen molar-refractivity contribution in [2.24, 2.45) is 11.7 Å². The van der Waals surface area contributed by atoms with Gasteiger partial charge in [0.2, 0.25) is 5.91 Å². The lowest BCUT2D eigenvalue weighted by Crippen LogP contribution is -2.34. The number of hydrogen-bond acceptors (Lipinski definition) is 2. The molecule has 0 aliphatic rings. The van der Waals surface area contributed by atoms with Crippen LogP contribution in [-0.4, -0.2) is 12.5 Å². The van der Waals surface area contributed by atoms with E-state index in [0.717, 1.165) is 18.2 Å². The predicted molar refractivity (Wildman–Crippen MR) is 61.0 cm³/mol. The molecule has 0 radical (unpaired) electrons. The molecule has 0 spiro atoms.